The molecule has 0 heterocycles. The molecule has 11 heteroatoms. The lowest BCUT2D eigenvalue weighted by atomic mass is 10.1. The van der Waals surface area contributed by atoms with Gasteiger partial charge in [0.05, 0.1) is 12.8 Å². The summed E-state index contributed by atoms with van der Waals surface area (Å²) < 4.78 is 47.6. The number of carbonyl (C=O) groups is 2. The number of hydrogen-bond acceptors (Lipinski definition) is 5. The standard InChI is InChI=1S/C25H35FN4O5S/c1-7-18(2)27-25(32)19(3)29(16-20-12-14-21(35-6)15-13-20)24(31)17-30(36(33,34)28(4)5)23-11-9-8-10-22(23)26/h8-15,18-19H,7,16-17H2,1-6H3,(H,27,32)/t18-,19-/m1/s1. The predicted octanol–water partition coefficient (Wildman–Crippen LogP) is 2.78. The van der Waals surface area contributed by atoms with Gasteiger partial charge in [0.2, 0.25) is 11.8 Å². The van der Waals surface area contributed by atoms with E-state index in [9.17, 15) is 22.4 Å². The zero-order valence-corrected chi connectivity index (χ0v) is 22.4. The number of amides is 2. The molecule has 0 aliphatic rings. The molecule has 0 unspecified atom stereocenters. The first kappa shape index (κ1) is 29.1. The first-order valence-electron chi connectivity index (χ1n) is 11.6. The van der Waals surface area contributed by atoms with E-state index in [1.165, 1.54) is 44.3 Å². The molecule has 2 rings (SSSR count). The van der Waals surface area contributed by atoms with Crippen molar-refractivity contribution in [3.8, 4) is 5.75 Å². The van der Waals surface area contributed by atoms with Crippen LogP contribution in [0.4, 0.5) is 10.1 Å². The van der Waals surface area contributed by atoms with Gasteiger partial charge in [-0.05, 0) is 50.1 Å². The second-order valence-corrected chi connectivity index (χ2v) is 10.7. The molecule has 0 saturated carbocycles. The van der Waals surface area contributed by atoms with Crippen molar-refractivity contribution in [2.45, 2.75) is 45.8 Å². The van der Waals surface area contributed by atoms with Gasteiger partial charge in [0.15, 0.2) is 0 Å². The number of hydrogen-bond donors (Lipinski definition) is 1. The highest BCUT2D eigenvalue weighted by molar-refractivity contribution is 7.90. The van der Waals surface area contributed by atoms with E-state index >= 15 is 0 Å². The van der Waals surface area contributed by atoms with Gasteiger partial charge >= 0.3 is 10.2 Å². The Kier molecular flexibility index (Phi) is 10.2. The monoisotopic (exact) mass is 522 g/mol. The second kappa shape index (κ2) is 12.7. The first-order chi connectivity index (χ1) is 16.9. The maximum absolute atomic E-state index is 14.6. The fourth-order valence-electron chi connectivity index (χ4n) is 3.33. The molecule has 9 nitrogen and oxygen atoms in total. The number of halogens is 1. The number of nitrogens with zero attached hydrogens (tertiary/aromatic N) is 3. The van der Waals surface area contributed by atoms with E-state index < -0.39 is 34.5 Å². The smallest absolute Gasteiger partial charge is 0.304 e. The average molecular weight is 523 g/mol. The van der Waals surface area contributed by atoms with Crippen LogP contribution in [0.2, 0.25) is 0 Å². The van der Waals surface area contributed by atoms with E-state index in [1.54, 1.807) is 31.2 Å². The Hall–Kier alpha value is -3.18. The van der Waals surface area contributed by atoms with Crippen LogP contribution in [0.1, 0.15) is 32.8 Å². The molecule has 0 saturated heterocycles. The lowest BCUT2D eigenvalue weighted by Gasteiger charge is -2.33. The van der Waals surface area contributed by atoms with Crippen molar-refractivity contribution in [1.82, 2.24) is 14.5 Å². The van der Waals surface area contributed by atoms with Gasteiger partial charge in [-0.1, -0.05) is 31.2 Å². The Morgan fingerprint density at radius 2 is 1.67 bits per heavy atom. The van der Waals surface area contributed by atoms with Crippen molar-refractivity contribution in [2.24, 2.45) is 0 Å². The number of anilines is 1. The number of para-hydroxylation sites is 1. The minimum Gasteiger partial charge on any atom is -0.497 e. The average Bonchev–Trinajstić information content (AvgIpc) is 2.85. The van der Waals surface area contributed by atoms with Gasteiger partial charge < -0.3 is 15.0 Å². The molecule has 2 aromatic carbocycles. The Bertz CT molecular complexity index is 1140. The molecular formula is C25H35FN4O5S. The number of benzene rings is 2. The third-order valence-electron chi connectivity index (χ3n) is 5.82. The van der Waals surface area contributed by atoms with Gasteiger partial charge in [-0.15, -0.1) is 0 Å². The van der Waals surface area contributed by atoms with Crippen molar-refractivity contribution in [1.29, 1.82) is 0 Å². The SMILES string of the molecule is CC[C@@H](C)NC(=O)[C@@H](C)N(Cc1ccc(OC)cc1)C(=O)CN(c1ccccc1F)S(=O)(=O)N(C)C. The number of nitrogens with one attached hydrogen (secondary N) is 1. The van der Waals surface area contributed by atoms with Crippen molar-refractivity contribution < 1.29 is 27.1 Å². The highest BCUT2D eigenvalue weighted by Gasteiger charge is 2.33. The Labute approximate surface area is 213 Å². The minimum absolute atomic E-state index is 0.0328. The summed E-state index contributed by atoms with van der Waals surface area (Å²) in [5.41, 5.74) is 0.445. The Morgan fingerprint density at radius 3 is 2.19 bits per heavy atom. The van der Waals surface area contributed by atoms with Gasteiger partial charge in [-0.2, -0.15) is 12.7 Å². The van der Waals surface area contributed by atoms with E-state index in [0.717, 1.165) is 10.4 Å². The maximum Gasteiger partial charge on any atom is 0.304 e. The highest BCUT2D eigenvalue weighted by atomic mass is 32.2. The van der Waals surface area contributed by atoms with E-state index in [-0.39, 0.29) is 24.2 Å². The minimum atomic E-state index is -4.23. The van der Waals surface area contributed by atoms with Crippen LogP contribution in [-0.4, -0.2) is 69.3 Å². The molecule has 36 heavy (non-hydrogen) atoms. The zero-order chi connectivity index (χ0) is 27.0. The summed E-state index contributed by atoms with van der Waals surface area (Å²) in [5, 5.41) is 2.86. The van der Waals surface area contributed by atoms with Crippen molar-refractivity contribution >= 4 is 27.7 Å². The van der Waals surface area contributed by atoms with Crippen LogP contribution < -0.4 is 14.4 Å². The van der Waals surface area contributed by atoms with E-state index in [2.05, 4.69) is 5.32 Å². The number of ether oxygens (including phenoxy) is 1. The van der Waals surface area contributed by atoms with Crippen LogP contribution >= 0.6 is 0 Å². The van der Waals surface area contributed by atoms with Gasteiger partial charge in [-0.25, -0.2) is 8.70 Å². The molecule has 2 aromatic rings. The third-order valence-corrected chi connectivity index (χ3v) is 7.63. The summed E-state index contributed by atoms with van der Waals surface area (Å²) in [7, 11) is -0.102. The Balaban J connectivity index is 2.46. The van der Waals surface area contributed by atoms with Gasteiger partial charge in [0.1, 0.15) is 24.2 Å². The number of methoxy groups -OCH3 is 1. The van der Waals surface area contributed by atoms with Crippen LogP contribution in [0.15, 0.2) is 48.5 Å². The Morgan fingerprint density at radius 1 is 1.06 bits per heavy atom. The first-order valence-corrected chi connectivity index (χ1v) is 13.0. The van der Waals surface area contributed by atoms with Crippen molar-refractivity contribution in [3.05, 3.63) is 59.9 Å². The normalized spacial score (nSPS) is 13.1. The van der Waals surface area contributed by atoms with Gasteiger partial charge in [-0.3, -0.25) is 9.59 Å². The molecular weight excluding hydrogens is 487 g/mol. The van der Waals surface area contributed by atoms with Crippen molar-refractivity contribution in [2.75, 3.05) is 32.1 Å². The highest BCUT2D eigenvalue weighted by Crippen LogP contribution is 2.24. The molecule has 1 N–H and O–H groups in total. The summed E-state index contributed by atoms with van der Waals surface area (Å²) in [5.74, 6) is -1.20. The summed E-state index contributed by atoms with van der Waals surface area (Å²) in [4.78, 5) is 27.8. The maximum atomic E-state index is 14.6. The van der Waals surface area contributed by atoms with Gasteiger partial charge in [0.25, 0.3) is 0 Å². The quantitative estimate of drug-likeness (QED) is 0.462. The summed E-state index contributed by atoms with van der Waals surface area (Å²) >= 11 is 0. The predicted molar refractivity (Wildman–Crippen MR) is 137 cm³/mol. The summed E-state index contributed by atoms with van der Waals surface area (Å²) in [6.45, 7) is 4.69. The van der Waals surface area contributed by atoms with Crippen LogP contribution in [-0.2, 0) is 26.3 Å². The van der Waals surface area contributed by atoms with E-state index in [0.29, 0.717) is 22.0 Å². The molecule has 0 fully saturated rings. The lowest BCUT2D eigenvalue weighted by molar-refractivity contribution is -0.139. The van der Waals surface area contributed by atoms with Crippen molar-refractivity contribution in [3.63, 3.8) is 0 Å². The largest absolute Gasteiger partial charge is 0.497 e. The fraction of sp³-hybridized carbons (Fsp3) is 0.440. The fourth-order valence-corrected chi connectivity index (χ4v) is 4.40. The molecule has 0 aromatic heterocycles. The summed E-state index contributed by atoms with van der Waals surface area (Å²) in [6.07, 6.45) is 0.701. The van der Waals surface area contributed by atoms with E-state index in [4.69, 9.17) is 4.74 Å². The third kappa shape index (κ3) is 7.17. The zero-order valence-electron chi connectivity index (χ0n) is 21.6. The van der Waals surface area contributed by atoms with Crippen LogP contribution in [0, 0.1) is 5.82 Å². The lowest BCUT2D eigenvalue weighted by Crippen LogP contribution is -2.53. The van der Waals surface area contributed by atoms with Crippen LogP contribution in [0.3, 0.4) is 0 Å². The molecule has 2 atom stereocenters. The number of rotatable bonds is 12. The van der Waals surface area contributed by atoms with Crippen LogP contribution in [0.25, 0.3) is 0 Å². The number of carbonyl (C=O) groups excluding carboxylic acids is 2. The molecule has 0 aliphatic carbocycles. The van der Waals surface area contributed by atoms with Gasteiger partial charge in [0, 0.05) is 26.7 Å². The molecule has 198 valence electrons. The molecule has 0 radical (unpaired) electrons. The molecule has 0 aliphatic heterocycles. The van der Waals surface area contributed by atoms with Crippen LogP contribution in [0.5, 0.6) is 5.75 Å². The molecule has 2 amide bonds. The topological polar surface area (TPSA) is 99.3 Å². The second-order valence-electron chi connectivity index (χ2n) is 8.61. The van der Waals surface area contributed by atoms with E-state index in [1.807, 2.05) is 13.8 Å². The summed E-state index contributed by atoms with van der Waals surface area (Å²) in [6, 6.07) is 11.3. The molecule has 0 spiro atoms. The molecule has 0 bridgehead atoms.